The van der Waals surface area contributed by atoms with Crippen LogP contribution in [0.5, 0.6) is 0 Å². The van der Waals surface area contributed by atoms with Crippen LogP contribution in [0.2, 0.25) is 10.0 Å². The summed E-state index contributed by atoms with van der Waals surface area (Å²) in [7, 11) is 0. The van der Waals surface area contributed by atoms with Gasteiger partial charge in [-0.1, -0.05) is 77.8 Å². The number of benzene rings is 3. The minimum Gasteiger partial charge on any atom is -0.452 e. The quantitative estimate of drug-likeness (QED) is 0.442. The normalized spacial score (nSPS) is 10.3. The van der Waals surface area contributed by atoms with Crippen LogP contribution >= 0.6 is 23.2 Å². The van der Waals surface area contributed by atoms with E-state index in [1.807, 2.05) is 0 Å². The number of halogens is 2. The summed E-state index contributed by atoms with van der Waals surface area (Å²) < 4.78 is 5.08. The Hall–Kier alpha value is -3.15. The topological polar surface area (TPSA) is 72.5 Å². The number of hydrogen-bond acceptors (Lipinski definition) is 4. The molecular weight excluding hydrogens is 413 g/mol. The largest absolute Gasteiger partial charge is 0.452 e. The lowest BCUT2D eigenvalue weighted by atomic mass is 9.98. The second-order valence-corrected chi connectivity index (χ2v) is 6.75. The van der Waals surface area contributed by atoms with Gasteiger partial charge in [0.05, 0.1) is 21.3 Å². The van der Waals surface area contributed by atoms with E-state index in [1.54, 1.807) is 60.7 Å². The average Bonchev–Trinajstić information content (AvgIpc) is 2.75. The van der Waals surface area contributed by atoms with Gasteiger partial charge in [0.15, 0.2) is 12.4 Å². The molecule has 7 heteroatoms. The Labute approximate surface area is 177 Å². The third-order valence-electron chi connectivity index (χ3n) is 3.99. The van der Waals surface area contributed by atoms with Gasteiger partial charge in [-0.25, -0.2) is 4.79 Å². The minimum atomic E-state index is -0.780. The van der Waals surface area contributed by atoms with Crippen molar-refractivity contribution in [1.82, 2.24) is 0 Å². The molecule has 1 amide bonds. The maximum atomic E-state index is 12.7. The Balaban J connectivity index is 1.69. The van der Waals surface area contributed by atoms with Gasteiger partial charge in [-0.05, 0) is 18.2 Å². The SMILES string of the molecule is O=C(COC(=O)c1ccccc1C(=O)c1ccccc1)Nc1cccc(Cl)c1Cl. The monoisotopic (exact) mass is 427 g/mol. The summed E-state index contributed by atoms with van der Waals surface area (Å²) in [5, 5.41) is 3.00. The molecule has 1 N–H and O–H groups in total. The average molecular weight is 428 g/mol. The summed E-state index contributed by atoms with van der Waals surface area (Å²) >= 11 is 11.9. The van der Waals surface area contributed by atoms with Crippen LogP contribution in [-0.2, 0) is 9.53 Å². The maximum absolute atomic E-state index is 12.7. The van der Waals surface area contributed by atoms with Crippen molar-refractivity contribution in [2.75, 3.05) is 11.9 Å². The molecule has 0 aliphatic rings. The van der Waals surface area contributed by atoms with Gasteiger partial charge in [-0.2, -0.15) is 0 Å². The van der Waals surface area contributed by atoms with Gasteiger partial charge in [0, 0.05) is 11.1 Å². The lowest BCUT2D eigenvalue weighted by molar-refractivity contribution is -0.119. The first-order chi connectivity index (χ1) is 14.0. The zero-order chi connectivity index (χ0) is 20.8. The summed E-state index contributed by atoms with van der Waals surface area (Å²) in [6.45, 7) is -0.546. The standard InChI is InChI=1S/C22H15Cl2NO4/c23-17-11-6-12-18(20(17)24)25-19(26)13-29-22(28)16-10-5-4-9-15(16)21(27)14-7-2-1-3-8-14/h1-12H,13H2,(H,25,26). The summed E-state index contributed by atoms with van der Waals surface area (Å²) in [5.41, 5.74) is 1.03. The van der Waals surface area contributed by atoms with Crippen molar-refractivity contribution in [1.29, 1.82) is 0 Å². The summed E-state index contributed by atoms with van der Waals surface area (Å²) in [6, 6.07) is 19.6. The molecule has 0 aromatic heterocycles. The number of nitrogens with one attached hydrogen (secondary N) is 1. The van der Waals surface area contributed by atoms with E-state index in [2.05, 4.69) is 5.32 Å². The van der Waals surface area contributed by atoms with Crippen LogP contribution in [0.15, 0.2) is 72.8 Å². The molecule has 146 valence electrons. The molecule has 0 heterocycles. The van der Waals surface area contributed by atoms with Crippen molar-refractivity contribution < 1.29 is 19.1 Å². The van der Waals surface area contributed by atoms with Crippen LogP contribution in [-0.4, -0.2) is 24.3 Å². The van der Waals surface area contributed by atoms with Gasteiger partial charge >= 0.3 is 5.97 Å². The van der Waals surface area contributed by atoms with Crippen LogP contribution in [0.3, 0.4) is 0 Å². The summed E-state index contributed by atoms with van der Waals surface area (Å²) in [4.78, 5) is 37.3. The first-order valence-corrected chi connectivity index (χ1v) is 9.32. The summed E-state index contributed by atoms with van der Waals surface area (Å²) in [5.74, 6) is -1.68. The molecule has 0 saturated heterocycles. The second-order valence-electron chi connectivity index (χ2n) is 5.97. The molecule has 0 fully saturated rings. The molecule has 0 radical (unpaired) electrons. The van der Waals surface area contributed by atoms with Gasteiger partial charge in [0.1, 0.15) is 0 Å². The van der Waals surface area contributed by atoms with Gasteiger partial charge in [-0.15, -0.1) is 0 Å². The highest BCUT2D eigenvalue weighted by molar-refractivity contribution is 6.44. The predicted octanol–water partition coefficient (Wildman–Crippen LogP) is 5.02. The molecule has 0 spiro atoms. The van der Waals surface area contributed by atoms with E-state index in [4.69, 9.17) is 27.9 Å². The van der Waals surface area contributed by atoms with Gasteiger partial charge in [-0.3, -0.25) is 9.59 Å². The van der Waals surface area contributed by atoms with E-state index in [9.17, 15) is 14.4 Å². The first kappa shape index (κ1) is 20.6. The minimum absolute atomic E-state index is 0.0786. The number of amides is 1. The van der Waals surface area contributed by atoms with Gasteiger partial charge in [0.2, 0.25) is 0 Å². The van der Waals surface area contributed by atoms with Crippen LogP contribution in [0.4, 0.5) is 5.69 Å². The fourth-order valence-corrected chi connectivity index (χ4v) is 2.95. The zero-order valence-corrected chi connectivity index (χ0v) is 16.5. The molecule has 0 aliphatic heterocycles. The highest BCUT2D eigenvalue weighted by Crippen LogP contribution is 2.29. The molecule has 0 saturated carbocycles. The zero-order valence-electron chi connectivity index (χ0n) is 15.0. The molecule has 0 bridgehead atoms. The number of anilines is 1. The number of hydrogen-bond donors (Lipinski definition) is 1. The first-order valence-electron chi connectivity index (χ1n) is 8.57. The predicted molar refractivity (Wildman–Crippen MR) is 112 cm³/mol. The van der Waals surface area contributed by atoms with Crippen molar-refractivity contribution in [3.05, 3.63) is 99.5 Å². The smallest absolute Gasteiger partial charge is 0.339 e. The molecule has 3 aromatic rings. The van der Waals surface area contributed by atoms with Crippen molar-refractivity contribution in [3.8, 4) is 0 Å². The highest BCUT2D eigenvalue weighted by Gasteiger charge is 2.20. The van der Waals surface area contributed by atoms with Crippen molar-refractivity contribution in [2.24, 2.45) is 0 Å². The number of ketones is 1. The van der Waals surface area contributed by atoms with E-state index in [-0.39, 0.29) is 27.0 Å². The van der Waals surface area contributed by atoms with Crippen LogP contribution in [0, 0.1) is 0 Å². The number of rotatable bonds is 6. The number of carbonyl (C=O) groups is 3. The van der Waals surface area contributed by atoms with Crippen molar-refractivity contribution in [2.45, 2.75) is 0 Å². The Morgan fingerprint density at radius 3 is 2.17 bits per heavy atom. The third-order valence-corrected chi connectivity index (χ3v) is 4.81. The Kier molecular flexibility index (Phi) is 6.65. The fourth-order valence-electron chi connectivity index (χ4n) is 2.60. The van der Waals surface area contributed by atoms with Crippen LogP contribution in [0.25, 0.3) is 0 Å². The molecule has 3 aromatic carbocycles. The van der Waals surface area contributed by atoms with Gasteiger partial charge in [0.25, 0.3) is 5.91 Å². The van der Waals surface area contributed by atoms with Crippen molar-refractivity contribution in [3.63, 3.8) is 0 Å². The third kappa shape index (κ3) is 5.02. The van der Waals surface area contributed by atoms with E-state index in [0.29, 0.717) is 11.3 Å². The van der Waals surface area contributed by atoms with E-state index in [0.717, 1.165) is 0 Å². The molecular formula is C22H15Cl2NO4. The second kappa shape index (κ2) is 9.37. The molecule has 3 rings (SSSR count). The molecule has 5 nitrogen and oxygen atoms in total. The number of esters is 1. The molecule has 0 atom stereocenters. The number of ether oxygens (including phenoxy) is 1. The van der Waals surface area contributed by atoms with E-state index >= 15 is 0 Å². The van der Waals surface area contributed by atoms with Crippen molar-refractivity contribution >= 4 is 46.5 Å². The lowest BCUT2D eigenvalue weighted by Gasteiger charge is -2.10. The van der Waals surface area contributed by atoms with Crippen LogP contribution < -0.4 is 5.32 Å². The Bertz CT molecular complexity index is 1070. The highest BCUT2D eigenvalue weighted by atomic mass is 35.5. The van der Waals surface area contributed by atoms with E-state index < -0.39 is 18.5 Å². The van der Waals surface area contributed by atoms with Gasteiger partial charge < -0.3 is 10.1 Å². The molecule has 29 heavy (non-hydrogen) atoms. The molecule has 0 aliphatic carbocycles. The van der Waals surface area contributed by atoms with Crippen LogP contribution in [0.1, 0.15) is 26.3 Å². The Morgan fingerprint density at radius 1 is 0.793 bits per heavy atom. The maximum Gasteiger partial charge on any atom is 0.339 e. The lowest BCUT2D eigenvalue weighted by Crippen LogP contribution is -2.22. The Morgan fingerprint density at radius 2 is 1.45 bits per heavy atom. The molecule has 0 unspecified atom stereocenters. The summed E-state index contributed by atoms with van der Waals surface area (Å²) in [6.07, 6.45) is 0. The fraction of sp³-hybridized carbons (Fsp3) is 0.0455. The number of carbonyl (C=O) groups excluding carboxylic acids is 3. The van der Waals surface area contributed by atoms with E-state index in [1.165, 1.54) is 12.1 Å².